The van der Waals surface area contributed by atoms with Gasteiger partial charge >= 0.3 is 5.97 Å². The maximum absolute atomic E-state index is 11.5. The first-order valence-corrected chi connectivity index (χ1v) is 5.50. The van der Waals surface area contributed by atoms with Gasteiger partial charge < -0.3 is 15.4 Å². The molecule has 0 radical (unpaired) electrons. The van der Waals surface area contributed by atoms with Crippen LogP contribution in [0.3, 0.4) is 0 Å². The number of hydrogen-bond acceptors (Lipinski definition) is 4. The maximum Gasteiger partial charge on any atom is 0.312 e. The fraction of sp³-hybridized carbons (Fsp3) is 0.909. The van der Waals surface area contributed by atoms with Crippen LogP contribution < -0.4 is 5.73 Å². The van der Waals surface area contributed by atoms with Crippen LogP contribution in [0.5, 0.6) is 0 Å². The third-order valence-corrected chi connectivity index (χ3v) is 3.06. The Labute approximate surface area is 91.8 Å². The molecule has 0 bridgehead atoms. The summed E-state index contributed by atoms with van der Waals surface area (Å²) in [7, 11) is 1.44. The quantitative estimate of drug-likeness (QED) is 0.691. The van der Waals surface area contributed by atoms with E-state index in [1.54, 1.807) is 0 Å². The van der Waals surface area contributed by atoms with Crippen molar-refractivity contribution in [2.45, 2.75) is 20.3 Å². The Morgan fingerprint density at radius 3 is 2.73 bits per heavy atom. The summed E-state index contributed by atoms with van der Waals surface area (Å²) in [6.07, 6.45) is 1.15. The predicted octanol–water partition coefficient (Wildman–Crippen LogP) is 0.466. The Morgan fingerprint density at radius 2 is 2.27 bits per heavy atom. The molecule has 1 unspecified atom stereocenters. The van der Waals surface area contributed by atoms with Crippen LogP contribution >= 0.6 is 0 Å². The van der Waals surface area contributed by atoms with Gasteiger partial charge in [-0.25, -0.2) is 0 Å². The van der Waals surface area contributed by atoms with E-state index in [4.69, 9.17) is 10.5 Å². The third-order valence-electron chi connectivity index (χ3n) is 3.06. The predicted molar refractivity (Wildman–Crippen MR) is 59.4 cm³/mol. The number of nitrogens with zero attached hydrogens (tertiary/aromatic N) is 1. The van der Waals surface area contributed by atoms with Gasteiger partial charge in [-0.3, -0.25) is 4.79 Å². The van der Waals surface area contributed by atoms with E-state index in [2.05, 4.69) is 4.90 Å². The van der Waals surface area contributed by atoms with Gasteiger partial charge in [-0.15, -0.1) is 0 Å². The Balaban J connectivity index is 2.45. The first kappa shape index (κ1) is 12.5. The zero-order chi connectivity index (χ0) is 11.5. The molecule has 1 heterocycles. The maximum atomic E-state index is 11.5. The monoisotopic (exact) mass is 214 g/mol. The molecular weight excluding hydrogens is 192 g/mol. The minimum absolute atomic E-state index is 0.140. The number of methoxy groups -OCH3 is 1. The van der Waals surface area contributed by atoms with E-state index in [0.717, 1.165) is 32.6 Å². The minimum atomic E-state index is -0.418. The summed E-state index contributed by atoms with van der Waals surface area (Å²) in [5, 5.41) is 0. The van der Waals surface area contributed by atoms with Crippen molar-refractivity contribution >= 4 is 5.97 Å². The van der Waals surface area contributed by atoms with E-state index in [-0.39, 0.29) is 5.97 Å². The molecule has 15 heavy (non-hydrogen) atoms. The van der Waals surface area contributed by atoms with Crippen molar-refractivity contribution in [3.63, 3.8) is 0 Å². The Morgan fingerprint density at radius 1 is 1.60 bits per heavy atom. The summed E-state index contributed by atoms with van der Waals surface area (Å²) < 4.78 is 4.79. The summed E-state index contributed by atoms with van der Waals surface area (Å²) in [6.45, 7) is 7.41. The molecule has 1 atom stereocenters. The topological polar surface area (TPSA) is 55.6 Å². The molecule has 0 spiro atoms. The van der Waals surface area contributed by atoms with E-state index in [9.17, 15) is 4.79 Å². The molecule has 88 valence electrons. The second-order valence-electron chi connectivity index (χ2n) is 5.00. The van der Waals surface area contributed by atoms with E-state index in [1.807, 2.05) is 13.8 Å². The van der Waals surface area contributed by atoms with Crippen molar-refractivity contribution in [2.75, 3.05) is 33.3 Å². The molecule has 0 aromatic carbocycles. The van der Waals surface area contributed by atoms with Crippen LogP contribution in [-0.4, -0.2) is 44.2 Å². The highest BCUT2D eigenvalue weighted by molar-refractivity contribution is 5.76. The van der Waals surface area contributed by atoms with Gasteiger partial charge in [0.2, 0.25) is 0 Å². The van der Waals surface area contributed by atoms with Gasteiger partial charge in [-0.1, -0.05) is 0 Å². The standard InChI is InChI=1S/C11H22N2O2/c1-11(2,10(14)15-3)8-13-5-4-9(6-12)7-13/h9H,4-8,12H2,1-3H3. The van der Waals surface area contributed by atoms with Crippen LogP contribution in [0.1, 0.15) is 20.3 Å². The zero-order valence-electron chi connectivity index (χ0n) is 9.95. The molecule has 1 fully saturated rings. The Hall–Kier alpha value is -0.610. The lowest BCUT2D eigenvalue weighted by Crippen LogP contribution is -2.39. The Bertz CT molecular complexity index is 229. The number of ether oxygens (including phenoxy) is 1. The van der Waals surface area contributed by atoms with Crippen molar-refractivity contribution in [2.24, 2.45) is 17.1 Å². The van der Waals surface area contributed by atoms with Crippen LogP contribution in [0.2, 0.25) is 0 Å². The fourth-order valence-corrected chi connectivity index (χ4v) is 2.15. The molecule has 1 aliphatic rings. The van der Waals surface area contributed by atoms with Crippen molar-refractivity contribution in [3.05, 3.63) is 0 Å². The first-order chi connectivity index (χ1) is 6.99. The van der Waals surface area contributed by atoms with Gasteiger partial charge in [-0.2, -0.15) is 0 Å². The van der Waals surface area contributed by atoms with Gasteiger partial charge in [0.15, 0.2) is 0 Å². The largest absolute Gasteiger partial charge is 0.469 e. The summed E-state index contributed by atoms with van der Waals surface area (Å²) in [4.78, 5) is 13.8. The lowest BCUT2D eigenvalue weighted by atomic mass is 9.93. The van der Waals surface area contributed by atoms with Crippen LogP contribution in [0.25, 0.3) is 0 Å². The first-order valence-electron chi connectivity index (χ1n) is 5.50. The van der Waals surface area contributed by atoms with Crippen LogP contribution in [-0.2, 0) is 9.53 Å². The van der Waals surface area contributed by atoms with E-state index >= 15 is 0 Å². The number of carbonyl (C=O) groups excluding carboxylic acids is 1. The molecule has 0 aliphatic carbocycles. The highest BCUT2D eigenvalue weighted by atomic mass is 16.5. The molecule has 1 saturated heterocycles. The van der Waals surface area contributed by atoms with Gasteiger partial charge in [-0.05, 0) is 39.3 Å². The normalized spacial score (nSPS) is 23.1. The molecule has 1 aliphatic heterocycles. The highest BCUT2D eigenvalue weighted by Crippen LogP contribution is 2.23. The molecule has 1 rings (SSSR count). The van der Waals surface area contributed by atoms with Gasteiger partial charge in [0, 0.05) is 13.1 Å². The van der Waals surface area contributed by atoms with Gasteiger partial charge in [0.1, 0.15) is 0 Å². The van der Waals surface area contributed by atoms with E-state index in [0.29, 0.717) is 5.92 Å². The molecule has 4 nitrogen and oxygen atoms in total. The Kier molecular flexibility index (Phi) is 4.11. The highest BCUT2D eigenvalue weighted by Gasteiger charge is 2.33. The van der Waals surface area contributed by atoms with E-state index < -0.39 is 5.41 Å². The second kappa shape index (κ2) is 4.94. The molecule has 0 aromatic heterocycles. The SMILES string of the molecule is COC(=O)C(C)(C)CN1CCC(CN)C1. The molecule has 2 N–H and O–H groups in total. The molecular formula is C11H22N2O2. The average Bonchev–Trinajstić information content (AvgIpc) is 2.63. The lowest BCUT2D eigenvalue weighted by molar-refractivity contribution is -0.151. The summed E-state index contributed by atoms with van der Waals surface area (Å²) in [5.74, 6) is 0.456. The molecule has 0 saturated carbocycles. The van der Waals surface area contributed by atoms with E-state index in [1.165, 1.54) is 7.11 Å². The molecule has 0 aromatic rings. The van der Waals surface area contributed by atoms with Crippen molar-refractivity contribution < 1.29 is 9.53 Å². The smallest absolute Gasteiger partial charge is 0.312 e. The van der Waals surface area contributed by atoms with Crippen molar-refractivity contribution in [1.29, 1.82) is 0 Å². The van der Waals surface area contributed by atoms with Crippen molar-refractivity contribution in [3.8, 4) is 0 Å². The zero-order valence-corrected chi connectivity index (χ0v) is 9.95. The number of esters is 1. The minimum Gasteiger partial charge on any atom is -0.469 e. The average molecular weight is 214 g/mol. The second-order valence-corrected chi connectivity index (χ2v) is 5.00. The number of hydrogen-bond donors (Lipinski definition) is 1. The molecule has 4 heteroatoms. The van der Waals surface area contributed by atoms with Gasteiger partial charge in [0.05, 0.1) is 12.5 Å². The summed E-state index contributed by atoms with van der Waals surface area (Å²) in [6, 6.07) is 0. The summed E-state index contributed by atoms with van der Waals surface area (Å²) in [5.41, 5.74) is 5.21. The number of rotatable bonds is 4. The third kappa shape index (κ3) is 3.18. The summed E-state index contributed by atoms with van der Waals surface area (Å²) >= 11 is 0. The van der Waals surface area contributed by atoms with Crippen LogP contribution in [0, 0.1) is 11.3 Å². The van der Waals surface area contributed by atoms with Gasteiger partial charge in [0.25, 0.3) is 0 Å². The van der Waals surface area contributed by atoms with Crippen molar-refractivity contribution in [1.82, 2.24) is 4.90 Å². The lowest BCUT2D eigenvalue weighted by Gasteiger charge is -2.27. The number of carbonyl (C=O) groups is 1. The number of likely N-dealkylation sites (tertiary alicyclic amines) is 1. The fourth-order valence-electron chi connectivity index (χ4n) is 2.15. The van der Waals surface area contributed by atoms with Crippen LogP contribution in [0.15, 0.2) is 0 Å². The van der Waals surface area contributed by atoms with Crippen LogP contribution in [0.4, 0.5) is 0 Å². The number of nitrogens with two attached hydrogens (primary N) is 1. The molecule has 0 amide bonds.